The third kappa shape index (κ3) is 3.25. The highest BCUT2D eigenvalue weighted by atomic mass is 16.5. The molecule has 0 fully saturated rings. The lowest BCUT2D eigenvalue weighted by Gasteiger charge is -2.23. The number of anilines is 1. The molecule has 1 aliphatic heterocycles. The fourth-order valence-electron chi connectivity index (χ4n) is 3.75. The van der Waals surface area contributed by atoms with E-state index in [4.69, 9.17) is 14.7 Å². The SMILES string of the molecule is Cc1ccc2c(N3CCOc4ccccc4C3)nc(-c3ccccc3O)nc2c1. The number of fused-ring (bicyclic) bond motifs is 2. The molecule has 1 aromatic heterocycles. The Morgan fingerprint density at radius 3 is 2.69 bits per heavy atom. The van der Waals surface area contributed by atoms with Gasteiger partial charge in [-0.1, -0.05) is 36.4 Å². The molecule has 2 heterocycles. The van der Waals surface area contributed by atoms with Crippen molar-refractivity contribution in [1.82, 2.24) is 9.97 Å². The fraction of sp³-hybridized carbons (Fsp3) is 0.167. The van der Waals surface area contributed by atoms with Crippen molar-refractivity contribution in [3.63, 3.8) is 0 Å². The number of nitrogens with zero attached hydrogens (tertiary/aromatic N) is 3. The van der Waals surface area contributed by atoms with Gasteiger partial charge in [0.1, 0.15) is 23.9 Å². The zero-order chi connectivity index (χ0) is 19.8. The molecule has 4 aromatic rings. The van der Waals surface area contributed by atoms with Crippen LogP contribution in [0.4, 0.5) is 5.82 Å². The van der Waals surface area contributed by atoms with Crippen LogP contribution in [0.25, 0.3) is 22.3 Å². The Labute approximate surface area is 169 Å². The topological polar surface area (TPSA) is 58.5 Å². The summed E-state index contributed by atoms with van der Waals surface area (Å²) < 4.78 is 5.94. The van der Waals surface area contributed by atoms with Crippen molar-refractivity contribution >= 4 is 16.7 Å². The Bertz CT molecular complexity index is 1210. The highest BCUT2D eigenvalue weighted by molar-refractivity contribution is 5.92. The number of phenolic OH excluding ortho intramolecular Hbond substituents is 1. The van der Waals surface area contributed by atoms with Crippen LogP contribution < -0.4 is 9.64 Å². The molecule has 0 atom stereocenters. The lowest BCUT2D eigenvalue weighted by molar-refractivity contribution is 0.331. The Hall–Kier alpha value is -3.60. The van der Waals surface area contributed by atoms with Crippen LogP contribution in [0.3, 0.4) is 0 Å². The minimum absolute atomic E-state index is 0.176. The number of aryl methyl sites for hydroxylation is 1. The first kappa shape index (κ1) is 17.5. The maximum atomic E-state index is 10.4. The summed E-state index contributed by atoms with van der Waals surface area (Å²) in [5.74, 6) is 2.48. The molecule has 1 aliphatic rings. The summed E-state index contributed by atoms with van der Waals surface area (Å²) in [4.78, 5) is 11.9. The summed E-state index contributed by atoms with van der Waals surface area (Å²) in [6.45, 7) is 4.06. The Morgan fingerprint density at radius 1 is 0.966 bits per heavy atom. The quantitative estimate of drug-likeness (QED) is 0.543. The molecule has 0 saturated carbocycles. The average molecular weight is 383 g/mol. The van der Waals surface area contributed by atoms with E-state index in [1.165, 1.54) is 0 Å². The lowest BCUT2D eigenvalue weighted by atomic mass is 10.1. The van der Waals surface area contributed by atoms with E-state index >= 15 is 0 Å². The third-order valence-corrected chi connectivity index (χ3v) is 5.23. The molecule has 144 valence electrons. The molecule has 0 bridgehead atoms. The van der Waals surface area contributed by atoms with E-state index in [1.807, 2.05) is 30.3 Å². The van der Waals surface area contributed by atoms with Crippen LogP contribution >= 0.6 is 0 Å². The molecule has 0 amide bonds. The van der Waals surface area contributed by atoms with Gasteiger partial charge in [0.15, 0.2) is 5.82 Å². The molecule has 0 spiro atoms. The Balaban J connectivity index is 1.69. The van der Waals surface area contributed by atoms with Gasteiger partial charge in [-0.2, -0.15) is 0 Å². The van der Waals surface area contributed by atoms with E-state index in [2.05, 4.69) is 36.1 Å². The van der Waals surface area contributed by atoms with Crippen molar-refractivity contribution in [3.05, 3.63) is 77.9 Å². The van der Waals surface area contributed by atoms with Crippen LogP contribution in [-0.2, 0) is 6.54 Å². The number of ether oxygens (including phenoxy) is 1. The van der Waals surface area contributed by atoms with E-state index < -0.39 is 0 Å². The average Bonchev–Trinajstić information content (AvgIpc) is 2.95. The predicted molar refractivity (Wildman–Crippen MR) is 114 cm³/mol. The second-order valence-electron chi connectivity index (χ2n) is 7.29. The predicted octanol–water partition coefficient (Wildman–Crippen LogP) is 4.71. The Kier molecular flexibility index (Phi) is 4.28. The molecule has 5 heteroatoms. The van der Waals surface area contributed by atoms with Gasteiger partial charge in [0, 0.05) is 17.5 Å². The zero-order valence-electron chi connectivity index (χ0n) is 16.2. The highest BCUT2D eigenvalue weighted by Crippen LogP contribution is 2.34. The van der Waals surface area contributed by atoms with Crippen LogP contribution in [0.1, 0.15) is 11.1 Å². The number of benzene rings is 3. The van der Waals surface area contributed by atoms with Crippen molar-refractivity contribution < 1.29 is 9.84 Å². The van der Waals surface area contributed by atoms with Gasteiger partial charge in [-0.15, -0.1) is 0 Å². The van der Waals surface area contributed by atoms with Gasteiger partial charge in [-0.05, 0) is 42.8 Å². The molecule has 5 nitrogen and oxygen atoms in total. The van der Waals surface area contributed by atoms with Crippen molar-refractivity contribution in [1.29, 1.82) is 0 Å². The van der Waals surface area contributed by atoms with Gasteiger partial charge in [0.25, 0.3) is 0 Å². The maximum Gasteiger partial charge on any atom is 0.165 e. The number of hydrogen-bond donors (Lipinski definition) is 1. The van der Waals surface area contributed by atoms with Crippen LogP contribution in [0, 0.1) is 6.92 Å². The summed E-state index contributed by atoms with van der Waals surface area (Å²) in [5.41, 5.74) is 3.76. The first-order valence-corrected chi connectivity index (χ1v) is 9.71. The largest absolute Gasteiger partial charge is 0.507 e. The monoisotopic (exact) mass is 383 g/mol. The molecule has 0 unspecified atom stereocenters. The number of rotatable bonds is 2. The standard InChI is InChI=1S/C24H21N3O2/c1-16-10-11-18-20(14-16)25-23(19-7-3-4-8-21(19)28)26-24(18)27-12-13-29-22-9-5-2-6-17(22)15-27/h2-11,14,28H,12-13,15H2,1H3. The number of phenols is 1. The second kappa shape index (κ2) is 7.09. The van der Waals surface area contributed by atoms with Crippen molar-refractivity contribution in [3.8, 4) is 22.9 Å². The highest BCUT2D eigenvalue weighted by Gasteiger charge is 2.20. The van der Waals surface area contributed by atoms with Gasteiger partial charge in [-0.25, -0.2) is 9.97 Å². The molecule has 29 heavy (non-hydrogen) atoms. The summed E-state index contributed by atoms with van der Waals surface area (Å²) >= 11 is 0. The van der Waals surface area contributed by atoms with Gasteiger partial charge in [-0.3, -0.25) is 0 Å². The third-order valence-electron chi connectivity index (χ3n) is 5.23. The first-order valence-electron chi connectivity index (χ1n) is 9.71. The van der Waals surface area contributed by atoms with E-state index in [0.717, 1.165) is 40.1 Å². The second-order valence-corrected chi connectivity index (χ2v) is 7.29. The summed E-state index contributed by atoms with van der Waals surface area (Å²) in [6, 6.07) is 21.5. The van der Waals surface area contributed by atoms with E-state index in [9.17, 15) is 5.11 Å². The molecule has 5 rings (SSSR count). The number of aromatic nitrogens is 2. The van der Waals surface area contributed by atoms with Crippen LogP contribution in [0.2, 0.25) is 0 Å². The smallest absolute Gasteiger partial charge is 0.165 e. The molecule has 3 aromatic carbocycles. The van der Waals surface area contributed by atoms with Gasteiger partial charge in [0.05, 0.1) is 17.6 Å². The Morgan fingerprint density at radius 2 is 1.79 bits per heavy atom. The van der Waals surface area contributed by atoms with Gasteiger partial charge >= 0.3 is 0 Å². The van der Waals surface area contributed by atoms with Crippen molar-refractivity contribution in [2.75, 3.05) is 18.1 Å². The van der Waals surface area contributed by atoms with Crippen LogP contribution in [0.5, 0.6) is 11.5 Å². The zero-order valence-corrected chi connectivity index (χ0v) is 16.2. The number of aromatic hydroxyl groups is 1. The van der Waals surface area contributed by atoms with Crippen molar-refractivity contribution in [2.45, 2.75) is 13.5 Å². The molecule has 0 aliphatic carbocycles. The van der Waals surface area contributed by atoms with E-state index in [-0.39, 0.29) is 5.75 Å². The van der Waals surface area contributed by atoms with Gasteiger partial charge in [0.2, 0.25) is 0 Å². The minimum atomic E-state index is 0.176. The number of hydrogen-bond acceptors (Lipinski definition) is 5. The maximum absolute atomic E-state index is 10.4. The fourth-order valence-corrected chi connectivity index (χ4v) is 3.75. The molecular weight excluding hydrogens is 362 g/mol. The van der Waals surface area contributed by atoms with E-state index in [1.54, 1.807) is 12.1 Å². The van der Waals surface area contributed by atoms with Crippen LogP contribution in [-0.4, -0.2) is 28.2 Å². The van der Waals surface area contributed by atoms with Gasteiger partial charge < -0.3 is 14.7 Å². The van der Waals surface area contributed by atoms with Crippen molar-refractivity contribution in [2.24, 2.45) is 0 Å². The normalized spacial score (nSPS) is 13.6. The van der Waals surface area contributed by atoms with E-state index in [0.29, 0.717) is 24.5 Å². The lowest BCUT2D eigenvalue weighted by Crippen LogP contribution is -2.26. The molecular formula is C24H21N3O2. The summed E-state index contributed by atoms with van der Waals surface area (Å²) in [7, 11) is 0. The molecule has 1 N–H and O–H groups in total. The summed E-state index contributed by atoms with van der Waals surface area (Å²) in [6.07, 6.45) is 0. The summed E-state index contributed by atoms with van der Waals surface area (Å²) in [5, 5.41) is 11.3. The first-order chi connectivity index (χ1) is 14.2. The molecule has 0 radical (unpaired) electrons. The molecule has 0 saturated heterocycles. The minimum Gasteiger partial charge on any atom is -0.507 e. The number of para-hydroxylation sites is 2. The van der Waals surface area contributed by atoms with Crippen LogP contribution in [0.15, 0.2) is 66.7 Å².